The van der Waals surface area contributed by atoms with E-state index in [4.69, 9.17) is 0 Å². The lowest BCUT2D eigenvalue weighted by atomic mass is 9.59. The zero-order chi connectivity index (χ0) is 18.1. The molecule has 0 amide bonds. The number of phenols is 1. The van der Waals surface area contributed by atoms with Crippen molar-refractivity contribution in [1.82, 2.24) is 4.90 Å². The van der Waals surface area contributed by atoms with Crippen molar-refractivity contribution < 1.29 is 5.11 Å². The summed E-state index contributed by atoms with van der Waals surface area (Å²) in [5, 5.41) is 10.0. The van der Waals surface area contributed by atoms with Gasteiger partial charge in [-0.25, -0.2) is 0 Å². The van der Waals surface area contributed by atoms with Crippen LogP contribution in [-0.2, 0) is 5.41 Å². The predicted molar refractivity (Wildman–Crippen MR) is 108 cm³/mol. The molecule has 1 aliphatic heterocycles. The van der Waals surface area contributed by atoms with Crippen molar-refractivity contribution >= 4 is 0 Å². The van der Waals surface area contributed by atoms with Crippen LogP contribution in [0.1, 0.15) is 61.8 Å². The number of benzene rings is 2. The lowest BCUT2D eigenvalue weighted by Gasteiger charge is -2.52. The highest BCUT2D eigenvalue weighted by Gasteiger charge is 2.46. The summed E-state index contributed by atoms with van der Waals surface area (Å²) in [6.07, 6.45) is 6.45. The van der Waals surface area contributed by atoms with E-state index in [-0.39, 0.29) is 5.41 Å². The maximum Gasteiger partial charge on any atom is 0.115 e. The van der Waals surface area contributed by atoms with Gasteiger partial charge < -0.3 is 5.11 Å². The van der Waals surface area contributed by atoms with Crippen molar-refractivity contribution in [1.29, 1.82) is 0 Å². The van der Waals surface area contributed by atoms with Gasteiger partial charge in [0.1, 0.15) is 5.75 Å². The zero-order valence-corrected chi connectivity index (χ0v) is 16.1. The summed E-state index contributed by atoms with van der Waals surface area (Å²) < 4.78 is 0. The number of likely N-dealkylation sites (tertiary alicyclic amines) is 1. The third kappa shape index (κ3) is 3.16. The second kappa shape index (κ2) is 7.08. The molecule has 1 unspecified atom stereocenters. The molecule has 1 saturated heterocycles. The summed E-state index contributed by atoms with van der Waals surface area (Å²) in [6.45, 7) is 6.82. The van der Waals surface area contributed by atoms with Crippen LogP contribution in [-0.4, -0.2) is 23.1 Å². The van der Waals surface area contributed by atoms with Crippen molar-refractivity contribution in [3.8, 4) is 5.75 Å². The van der Waals surface area contributed by atoms with Crippen LogP contribution < -0.4 is 0 Å². The molecule has 2 aromatic rings. The van der Waals surface area contributed by atoms with Crippen LogP contribution >= 0.6 is 0 Å². The molecule has 2 aromatic carbocycles. The second-order valence-electron chi connectivity index (χ2n) is 8.48. The van der Waals surface area contributed by atoms with E-state index in [9.17, 15) is 5.11 Å². The van der Waals surface area contributed by atoms with E-state index < -0.39 is 0 Å². The zero-order valence-electron chi connectivity index (χ0n) is 16.1. The van der Waals surface area contributed by atoms with Gasteiger partial charge in [0.15, 0.2) is 0 Å². The topological polar surface area (TPSA) is 23.5 Å². The van der Waals surface area contributed by atoms with E-state index in [0.717, 1.165) is 6.54 Å². The summed E-state index contributed by atoms with van der Waals surface area (Å²) >= 11 is 0. The number of phenolic OH excluding ortho intramolecular Hbond substituents is 1. The van der Waals surface area contributed by atoms with Gasteiger partial charge in [0.2, 0.25) is 0 Å². The van der Waals surface area contributed by atoms with E-state index in [2.05, 4.69) is 49.1 Å². The monoisotopic (exact) mass is 349 g/mol. The molecule has 1 N–H and O–H groups in total. The van der Waals surface area contributed by atoms with Crippen molar-refractivity contribution in [3.05, 3.63) is 65.2 Å². The van der Waals surface area contributed by atoms with Gasteiger partial charge in [-0.15, -0.1) is 0 Å². The Morgan fingerprint density at radius 3 is 2.65 bits per heavy atom. The molecule has 3 atom stereocenters. The molecular formula is C24H31NO. The average molecular weight is 350 g/mol. The van der Waals surface area contributed by atoms with Crippen molar-refractivity contribution in [3.63, 3.8) is 0 Å². The van der Waals surface area contributed by atoms with Gasteiger partial charge in [-0.2, -0.15) is 0 Å². The van der Waals surface area contributed by atoms with E-state index in [0.29, 0.717) is 17.7 Å². The third-order valence-electron chi connectivity index (χ3n) is 7.04. The lowest BCUT2D eigenvalue weighted by Crippen LogP contribution is -2.51. The SMILES string of the molecule is Cc1ccc(C(C)N2CC[C@]3(c4cccc(O)c4)CCCC[C@@H]3C2)cc1. The molecule has 26 heavy (non-hydrogen) atoms. The first-order chi connectivity index (χ1) is 12.6. The number of nitrogens with zero attached hydrogens (tertiary/aromatic N) is 1. The molecule has 138 valence electrons. The Hall–Kier alpha value is -1.80. The molecule has 1 saturated carbocycles. The second-order valence-corrected chi connectivity index (χ2v) is 8.48. The first-order valence-electron chi connectivity index (χ1n) is 10.2. The Labute approximate surface area is 157 Å². The smallest absolute Gasteiger partial charge is 0.115 e. The van der Waals surface area contributed by atoms with Crippen molar-refractivity contribution in [2.24, 2.45) is 5.92 Å². The fourth-order valence-electron chi connectivity index (χ4n) is 5.37. The summed E-state index contributed by atoms with van der Waals surface area (Å²) in [7, 11) is 0. The number of hydrogen-bond acceptors (Lipinski definition) is 2. The van der Waals surface area contributed by atoms with Crippen LogP contribution in [0.4, 0.5) is 0 Å². The molecule has 2 fully saturated rings. The fraction of sp³-hybridized carbons (Fsp3) is 0.500. The standard InChI is InChI=1S/C24H31NO/c1-18-9-11-20(12-10-18)19(2)25-15-14-24(13-4-3-6-22(24)17-25)21-7-5-8-23(26)16-21/h5,7-12,16,19,22,26H,3-4,6,13-15,17H2,1-2H3/t19?,22-,24+/m1/s1. The van der Waals surface area contributed by atoms with Gasteiger partial charge in [-0.1, -0.05) is 54.8 Å². The highest BCUT2D eigenvalue weighted by atomic mass is 16.3. The minimum absolute atomic E-state index is 0.264. The van der Waals surface area contributed by atoms with Crippen molar-refractivity contribution in [2.75, 3.05) is 13.1 Å². The molecule has 0 aromatic heterocycles. The molecule has 2 aliphatic rings. The first-order valence-corrected chi connectivity index (χ1v) is 10.2. The number of piperidine rings is 1. The third-order valence-corrected chi connectivity index (χ3v) is 7.04. The first kappa shape index (κ1) is 17.6. The van der Waals surface area contributed by atoms with Gasteiger partial charge in [0, 0.05) is 18.0 Å². The Bertz CT molecular complexity index is 753. The van der Waals surface area contributed by atoms with Crippen LogP contribution in [0.5, 0.6) is 5.75 Å². The normalized spacial score (nSPS) is 27.7. The molecule has 0 spiro atoms. The quantitative estimate of drug-likeness (QED) is 0.780. The lowest BCUT2D eigenvalue weighted by molar-refractivity contribution is 0.0354. The molecule has 4 rings (SSSR count). The summed E-state index contributed by atoms with van der Waals surface area (Å²) in [4.78, 5) is 2.68. The van der Waals surface area contributed by atoms with Gasteiger partial charge >= 0.3 is 0 Å². The predicted octanol–water partition coefficient (Wildman–Crippen LogP) is 5.60. The molecule has 0 radical (unpaired) electrons. The maximum absolute atomic E-state index is 10.0. The van der Waals surface area contributed by atoms with E-state index >= 15 is 0 Å². The van der Waals surface area contributed by atoms with Crippen LogP contribution in [0.3, 0.4) is 0 Å². The number of aromatic hydroxyl groups is 1. The minimum atomic E-state index is 0.264. The van der Waals surface area contributed by atoms with Crippen LogP contribution in [0.25, 0.3) is 0 Å². The fourth-order valence-corrected chi connectivity index (χ4v) is 5.37. The number of fused-ring (bicyclic) bond motifs is 1. The number of aryl methyl sites for hydroxylation is 1. The minimum Gasteiger partial charge on any atom is -0.508 e. The largest absolute Gasteiger partial charge is 0.508 e. The highest BCUT2D eigenvalue weighted by Crippen LogP contribution is 2.50. The maximum atomic E-state index is 10.0. The Morgan fingerprint density at radius 1 is 1.08 bits per heavy atom. The number of hydrogen-bond donors (Lipinski definition) is 1. The van der Waals surface area contributed by atoms with E-state index in [1.165, 1.54) is 55.3 Å². The molecule has 1 aliphatic carbocycles. The Kier molecular flexibility index (Phi) is 4.79. The summed E-state index contributed by atoms with van der Waals surface area (Å²) in [5.41, 5.74) is 4.39. The van der Waals surface area contributed by atoms with Crippen LogP contribution in [0, 0.1) is 12.8 Å². The average Bonchev–Trinajstić information content (AvgIpc) is 2.67. The summed E-state index contributed by atoms with van der Waals surface area (Å²) in [5.74, 6) is 1.11. The van der Waals surface area contributed by atoms with Crippen LogP contribution in [0.15, 0.2) is 48.5 Å². The van der Waals surface area contributed by atoms with E-state index in [1.807, 2.05) is 12.1 Å². The molecule has 0 bridgehead atoms. The molecule has 2 heteroatoms. The van der Waals surface area contributed by atoms with Crippen LogP contribution in [0.2, 0.25) is 0 Å². The Morgan fingerprint density at radius 2 is 1.88 bits per heavy atom. The van der Waals surface area contributed by atoms with Gasteiger partial charge in [-0.05, 0) is 68.8 Å². The van der Waals surface area contributed by atoms with Crippen molar-refractivity contribution in [2.45, 2.75) is 57.4 Å². The molecule has 2 nitrogen and oxygen atoms in total. The van der Waals surface area contributed by atoms with Gasteiger partial charge in [0.05, 0.1) is 0 Å². The Balaban J connectivity index is 1.58. The number of rotatable bonds is 3. The van der Waals surface area contributed by atoms with Gasteiger partial charge in [0.25, 0.3) is 0 Å². The summed E-state index contributed by atoms with van der Waals surface area (Å²) in [6, 6.07) is 17.6. The van der Waals surface area contributed by atoms with E-state index in [1.54, 1.807) is 6.07 Å². The highest BCUT2D eigenvalue weighted by molar-refractivity contribution is 5.35. The molecule has 1 heterocycles. The van der Waals surface area contributed by atoms with Gasteiger partial charge in [-0.3, -0.25) is 4.90 Å². The molecular weight excluding hydrogens is 318 g/mol.